The number of fused-ring (bicyclic) bond motifs is 5. The Bertz CT molecular complexity index is 2460. The summed E-state index contributed by atoms with van der Waals surface area (Å²) in [6.45, 7) is 1.83. The number of allylic oxidation sites excluding steroid dienone is 2. The standard InChI is InChI=1S/C33H27N3O8S2/c1-2-22(18-32-36(21-46(40,41)42)33-26-9-5-3-7-23(26)11-13-30(33)44-32)17-31-35(20-45(37,38)39)28-19-25(12-14-29(28)43-31)34-16-15-24-8-4-6-10-27(24)34/h3-19H,2,20-21H2,1H3,(H-,37,38,39,40,41,42)/p-1. The zero-order chi connectivity index (χ0) is 32.2. The molecule has 46 heavy (non-hydrogen) atoms. The molecule has 0 atom stereocenters. The molecule has 1 aliphatic rings. The van der Waals surface area contributed by atoms with Crippen molar-refractivity contribution in [2.24, 2.45) is 0 Å². The van der Waals surface area contributed by atoms with E-state index in [0.717, 1.165) is 22.0 Å². The number of rotatable bonds is 8. The minimum Gasteiger partial charge on any atom is -0.747 e. The van der Waals surface area contributed by atoms with Gasteiger partial charge in [0.2, 0.25) is 17.3 Å². The van der Waals surface area contributed by atoms with Crippen molar-refractivity contribution in [3.05, 3.63) is 115 Å². The fourth-order valence-corrected chi connectivity index (χ4v) is 6.93. The average molecular weight is 657 g/mol. The number of hydrogen-bond donors (Lipinski definition) is 0. The van der Waals surface area contributed by atoms with Crippen molar-refractivity contribution in [2.45, 2.75) is 19.2 Å². The molecular weight excluding hydrogens is 631 g/mol. The van der Waals surface area contributed by atoms with E-state index in [4.69, 9.17) is 9.15 Å². The molecule has 0 fully saturated rings. The first-order chi connectivity index (χ1) is 22.0. The summed E-state index contributed by atoms with van der Waals surface area (Å²) in [5.41, 5.74) is 3.44. The van der Waals surface area contributed by atoms with E-state index in [-0.39, 0.29) is 11.8 Å². The number of aromatic nitrogens is 2. The number of benzene rings is 4. The maximum atomic E-state index is 12.1. The predicted octanol–water partition coefficient (Wildman–Crippen LogP) is 5.36. The van der Waals surface area contributed by atoms with E-state index in [9.17, 15) is 25.9 Å². The molecule has 7 rings (SSSR count). The zero-order valence-corrected chi connectivity index (χ0v) is 26.0. The third kappa shape index (κ3) is 5.65. The molecule has 13 heteroatoms. The maximum Gasteiger partial charge on any atom is 0.375 e. The van der Waals surface area contributed by atoms with Crippen molar-refractivity contribution in [3.8, 4) is 11.4 Å². The van der Waals surface area contributed by atoms with Crippen LogP contribution in [0.4, 0.5) is 5.69 Å². The third-order valence-corrected chi connectivity index (χ3v) is 8.95. The fraction of sp³-hybridized carbons (Fsp3) is 0.121. The van der Waals surface area contributed by atoms with E-state index in [1.165, 1.54) is 9.47 Å². The number of hydrogen-bond acceptors (Lipinski definition) is 9. The fourth-order valence-electron chi connectivity index (χ4n) is 5.78. The van der Waals surface area contributed by atoms with Gasteiger partial charge in [0.05, 0.1) is 22.7 Å². The van der Waals surface area contributed by atoms with Crippen LogP contribution < -0.4 is 14.2 Å². The van der Waals surface area contributed by atoms with E-state index in [0.29, 0.717) is 39.9 Å². The molecule has 4 aromatic carbocycles. The van der Waals surface area contributed by atoms with Crippen molar-refractivity contribution in [1.82, 2.24) is 4.57 Å². The van der Waals surface area contributed by atoms with Crippen LogP contribution in [0.25, 0.3) is 44.5 Å². The molecule has 0 bridgehead atoms. The summed E-state index contributed by atoms with van der Waals surface area (Å²) in [5, 5.41) is 2.56. The van der Waals surface area contributed by atoms with Crippen LogP contribution in [0.5, 0.6) is 5.75 Å². The van der Waals surface area contributed by atoms with Gasteiger partial charge in [0.15, 0.2) is 15.9 Å². The normalized spacial score (nSPS) is 14.9. The summed E-state index contributed by atoms with van der Waals surface area (Å²) in [6, 6.07) is 25.9. The smallest absolute Gasteiger partial charge is 0.375 e. The Kier molecular flexibility index (Phi) is 7.20. The topological polar surface area (TPSA) is 149 Å². The molecule has 2 aromatic heterocycles. The number of ether oxygens (including phenoxy) is 1. The highest BCUT2D eigenvalue weighted by Crippen LogP contribution is 2.41. The molecule has 0 saturated carbocycles. The van der Waals surface area contributed by atoms with Gasteiger partial charge in [-0.3, -0.25) is 4.90 Å². The molecule has 1 aliphatic heterocycles. The molecule has 0 spiro atoms. The summed E-state index contributed by atoms with van der Waals surface area (Å²) in [4.78, 5) is 1.29. The number of anilines is 1. The maximum absolute atomic E-state index is 12.1. The monoisotopic (exact) mass is 656 g/mol. The molecule has 6 aromatic rings. The van der Waals surface area contributed by atoms with Crippen LogP contribution in [0.3, 0.4) is 0 Å². The lowest BCUT2D eigenvalue weighted by molar-refractivity contribution is -0.658. The quantitative estimate of drug-likeness (QED) is 0.156. The van der Waals surface area contributed by atoms with Gasteiger partial charge in [-0.15, -0.1) is 4.57 Å². The SMILES string of the molecule is CCC(/C=C1\Oc2ccc(-n3ccc4ccccc43)cc2N1CS(=O)(=O)[O-])=C\c1oc2ccc3ccccc3c2[n+]1CS(=O)(=O)[O-]. The van der Waals surface area contributed by atoms with E-state index < -0.39 is 32.0 Å². The first-order valence-electron chi connectivity index (χ1n) is 14.3. The Morgan fingerprint density at radius 1 is 0.891 bits per heavy atom. The Hall–Kier alpha value is -4.95. The predicted molar refractivity (Wildman–Crippen MR) is 171 cm³/mol. The summed E-state index contributed by atoms with van der Waals surface area (Å²) >= 11 is 0. The Morgan fingerprint density at radius 3 is 2.41 bits per heavy atom. The molecule has 3 heterocycles. The minimum atomic E-state index is -4.75. The van der Waals surface area contributed by atoms with E-state index in [1.54, 1.807) is 36.4 Å². The molecule has 0 amide bonds. The van der Waals surface area contributed by atoms with Gasteiger partial charge in [0.25, 0.3) is 5.52 Å². The summed E-state index contributed by atoms with van der Waals surface area (Å²) in [6.07, 6.45) is 5.42. The van der Waals surface area contributed by atoms with E-state index in [2.05, 4.69) is 0 Å². The van der Waals surface area contributed by atoms with Gasteiger partial charge in [0, 0.05) is 18.0 Å². The lowest BCUT2D eigenvalue weighted by Gasteiger charge is -2.21. The molecule has 0 saturated heterocycles. The zero-order valence-electron chi connectivity index (χ0n) is 24.4. The van der Waals surface area contributed by atoms with Crippen LogP contribution in [0, 0.1) is 0 Å². The van der Waals surface area contributed by atoms with Crippen LogP contribution in [-0.2, 0) is 26.1 Å². The van der Waals surface area contributed by atoms with E-state index >= 15 is 0 Å². The third-order valence-electron chi connectivity index (χ3n) is 7.81. The Labute approximate surface area is 264 Å². The number of para-hydroxylation sites is 1. The summed E-state index contributed by atoms with van der Waals surface area (Å²) < 4.78 is 87.5. The number of oxazole rings is 1. The van der Waals surface area contributed by atoms with Crippen molar-refractivity contribution in [3.63, 3.8) is 0 Å². The van der Waals surface area contributed by atoms with Gasteiger partial charge < -0.3 is 22.8 Å². The molecule has 0 N–H and O–H groups in total. The van der Waals surface area contributed by atoms with Gasteiger partial charge >= 0.3 is 5.89 Å². The van der Waals surface area contributed by atoms with Gasteiger partial charge in [-0.2, -0.15) is 0 Å². The highest BCUT2D eigenvalue weighted by Gasteiger charge is 2.30. The van der Waals surface area contributed by atoms with Gasteiger partial charge in [-0.1, -0.05) is 49.4 Å². The molecule has 0 radical (unpaired) electrons. The van der Waals surface area contributed by atoms with E-state index in [1.807, 2.05) is 78.4 Å². The van der Waals surface area contributed by atoms with Crippen LogP contribution in [0.2, 0.25) is 0 Å². The van der Waals surface area contributed by atoms with Crippen molar-refractivity contribution in [1.29, 1.82) is 0 Å². The summed E-state index contributed by atoms with van der Waals surface area (Å²) in [7, 11) is -9.47. The lowest BCUT2D eigenvalue weighted by Crippen LogP contribution is -2.39. The van der Waals surface area contributed by atoms with Gasteiger partial charge in [0.1, 0.15) is 16.0 Å². The first kappa shape index (κ1) is 29.7. The molecule has 234 valence electrons. The average Bonchev–Trinajstić information content (AvgIpc) is 3.69. The second-order valence-corrected chi connectivity index (χ2v) is 13.6. The Morgan fingerprint density at radius 2 is 1.65 bits per heavy atom. The van der Waals surface area contributed by atoms with Crippen LogP contribution >= 0.6 is 0 Å². The molecule has 0 unspecified atom stereocenters. The van der Waals surface area contributed by atoms with Crippen LogP contribution in [-0.4, -0.2) is 36.4 Å². The second kappa shape index (κ2) is 11.1. The van der Waals surface area contributed by atoms with Gasteiger partial charge in [-0.05, 0) is 65.2 Å². The molecule has 11 nitrogen and oxygen atoms in total. The Balaban J connectivity index is 1.34. The number of nitrogens with zero attached hydrogens (tertiary/aromatic N) is 3. The van der Waals surface area contributed by atoms with Crippen LogP contribution in [0.15, 0.2) is 113 Å². The van der Waals surface area contributed by atoms with Crippen LogP contribution in [0.1, 0.15) is 19.2 Å². The molecule has 0 aliphatic carbocycles. The van der Waals surface area contributed by atoms with Crippen molar-refractivity contribution in [2.75, 3.05) is 10.8 Å². The van der Waals surface area contributed by atoms with Gasteiger partial charge in [-0.25, -0.2) is 16.8 Å². The minimum absolute atomic E-state index is 0.0848. The van der Waals surface area contributed by atoms with Crippen molar-refractivity contribution >= 4 is 64.8 Å². The van der Waals surface area contributed by atoms with Crippen molar-refractivity contribution < 1.29 is 39.7 Å². The lowest BCUT2D eigenvalue weighted by atomic mass is 10.1. The largest absolute Gasteiger partial charge is 0.747 e. The molecular formula is C33H26N3O8S2-. The second-order valence-electron chi connectivity index (χ2n) is 10.9. The summed E-state index contributed by atoms with van der Waals surface area (Å²) in [5.74, 6) is -1.22. The highest BCUT2D eigenvalue weighted by molar-refractivity contribution is 7.85. The highest BCUT2D eigenvalue weighted by atomic mass is 32.2. The first-order valence-corrected chi connectivity index (χ1v) is 17.4.